The summed E-state index contributed by atoms with van der Waals surface area (Å²) in [6, 6.07) is 6.53. The summed E-state index contributed by atoms with van der Waals surface area (Å²) in [6.45, 7) is 4.62. The maximum absolute atomic E-state index is 11.6. The summed E-state index contributed by atoms with van der Waals surface area (Å²) in [5.74, 6) is -0.951. The Morgan fingerprint density at radius 1 is 1.32 bits per heavy atom. The standard InChI is InChI=1S/C14H18N2O3/c1-14(2)7-11(14)16-13(19)15-8-9-3-5-10(6-4-9)12(17)18/h3-6,11H,7-8H2,1-2H3,(H,17,18)(H2,15,16,19). The zero-order valence-corrected chi connectivity index (χ0v) is 11.1. The van der Waals surface area contributed by atoms with Gasteiger partial charge in [-0.25, -0.2) is 9.59 Å². The predicted molar refractivity (Wildman–Crippen MR) is 71.0 cm³/mol. The molecule has 1 unspecified atom stereocenters. The van der Waals surface area contributed by atoms with Gasteiger partial charge in [0.05, 0.1) is 5.56 Å². The molecule has 1 atom stereocenters. The van der Waals surface area contributed by atoms with Crippen molar-refractivity contribution in [2.45, 2.75) is 32.9 Å². The number of carbonyl (C=O) groups excluding carboxylic acids is 1. The summed E-state index contributed by atoms with van der Waals surface area (Å²) in [5.41, 5.74) is 1.32. The van der Waals surface area contributed by atoms with E-state index in [9.17, 15) is 9.59 Å². The number of hydrogen-bond donors (Lipinski definition) is 3. The summed E-state index contributed by atoms with van der Waals surface area (Å²) < 4.78 is 0. The van der Waals surface area contributed by atoms with Gasteiger partial charge in [-0.2, -0.15) is 0 Å². The van der Waals surface area contributed by atoms with Crippen molar-refractivity contribution in [1.82, 2.24) is 10.6 Å². The Balaban J connectivity index is 1.79. The molecule has 1 saturated carbocycles. The minimum atomic E-state index is -0.951. The van der Waals surface area contributed by atoms with E-state index in [-0.39, 0.29) is 23.1 Å². The summed E-state index contributed by atoms with van der Waals surface area (Å²) in [7, 11) is 0. The van der Waals surface area contributed by atoms with Crippen molar-refractivity contribution in [2.75, 3.05) is 0 Å². The SMILES string of the molecule is CC1(C)CC1NC(=O)NCc1ccc(C(=O)O)cc1. The number of urea groups is 1. The maximum atomic E-state index is 11.6. The summed E-state index contributed by atoms with van der Waals surface area (Å²) in [6.07, 6.45) is 1.01. The van der Waals surface area contributed by atoms with E-state index in [0.717, 1.165) is 12.0 Å². The second kappa shape index (κ2) is 4.91. The van der Waals surface area contributed by atoms with Gasteiger partial charge in [-0.15, -0.1) is 0 Å². The number of carboxylic acids is 1. The first-order valence-electron chi connectivity index (χ1n) is 6.25. The van der Waals surface area contributed by atoms with E-state index in [1.54, 1.807) is 12.1 Å². The lowest BCUT2D eigenvalue weighted by molar-refractivity contribution is 0.0697. The topological polar surface area (TPSA) is 78.4 Å². The molecule has 0 aliphatic heterocycles. The lowest BCUT2D eigenvalue weighted by atomic mass is 10.1. The highest BCUT2D eigenvalue weighted by Gasteiger charge is 2.46. The Morgan fingerprint density at radius 2 is 1.89 bits per heavy atom. The molecule has 0 radical (unpaired) electrons. The van der Waals surface area contributed by atoms with Gasteiger partial charge in [0.1, 0.15) is 0 Å². The van der Waals surface area contributed by atoms with E-state index in [1.807, 2.05) is 0 Å². The van der Waals surface area contributed by atoms with Crippen LogP contribution in [0.15, 0.2) is 24.3 Å². The van der Waals surface area contributed by atoms with Crippen molar-refractivity contribution in [3.05, 3.63) is 35.4 Å². The summed E-state index contributed by atoms with van der Waals surface area (Å²) in [4.78, 5) is 22.3. The van der Waals surface area contributed by atoms with Crippen LogP contribution in [-0.4, -0.2) is 23.1 Å². The average molecular weight is 262 g/mol. The number of carbonyl (C=O) groups is 2. The van der Waals surface area contributed by atoms with Crippen molar-refractivity contribution in [2.24, 2.45) is 5.41 Å². The molecule has 1 fully saturated rings. The minimum absolute atomic E-state index is 0.183. The minimum Gasteiger partial charge on any atom is -0.478 e. The van der Waals surface area contributed by atoms with Crippen LogP contribution in [0.1, 0.15) is 36.2 Å². The third kappa shape index (κ3) is 3.47. The number of benzene rings is 1. The smallest absolute Gasteiger partial charge is 0.335 e. The van der Waals surface area contributed by atoms with Crippen LogP contribution in [0.3, 0.4) is 0 Å². The largest absolute Gasteiger partial charge is 0.478 e. The van der Waals surface area contributed by atoms with Gasteiger partial charge in [0.2, 0.25) is 0 Å². The van der Waals surface area contributed by atoms with E-state index in [1.165, 1.54) is 12.1 Å². The Bertz CT molecular complexity index is 494. The summed E-state index contributed by atoms with van der Waals surface area (Å²) >= 11 is 0. The lowest BCUT2D eigenvalue weighted by Crippen LogP contribution is -2.37. The zero-order valence-electron chi connectivity index (χ0n) is 11.1. The molecule has 0 spiro atoms. The van der Waals surface area contributed by atoms with Crippen LogP contribution in [0.25, 0.3) is 0 Å². The molecule has 5 nitrogen and oxygen atoms in total. The molecule has 0 saturated heterocycles. The van der Waals surface area contributed by atoms with Gasteiger partial charge in [-0.1, -0.05) is 26.0 Å². The Hall–Kier alpha value is -2.04. The molecule has 0 aromatic heterocycles. The van der Waals surface area contributed by atoms with Crippen molar-refractivity contribution in [3.8, 4) is 0 Å². The van der Waals surface area contributed by atoms with E-state index >= 15 is 0 Å². The highest BCUT2D eigenvalue weighted by molar-refractivity contribution is 5.87. The molecule has 3 N–H and O–H groups in total. The molecule has 102 valence electrons. The van der Waals surface area contributed by atoms with Crippen molar-refractivity contribution < 1.29 is 14.7 Å². The van der Waals surface area contributed by atoms with Crippen molar-refractivity contribution in [3.63, 3.8) is 0 Å². The second-order valence-electron chi connectivity index (χ2n) is 5.57. The number of carboxylic acid groups (broad SMARTS) is 1. The number of nitrogens with one attached hydrogen (secondary N) is 2. The fourth-order valence-corrected chi connectivity index (χ4v) is 1.87. The van der Waals surface area contributed by atoms with Crippen molar-refractivity contribution in [1.29, 1.82) is 0 Å². The third-order valence-electron chi connectivity index (χ3n) is 3.47. The van der Waals surface area contributed by atoms with Crippen LogP contribution in [0.5, 0.6) is 0 Å². The Labute approximate surface area is 112 Å². The molecule has 1 aliphatic carbocycles. The van der Waals surface area contributed by atoms with Gasteiger partial charge < -0.3 is 15.7 Å². The molecule has 1 aromatic rings. The molecule has 0 heterocycles. The highest BCUT2D eigenvalue weighted by Crippen LogP contribution is 2.44. The number of aromatic carboxylic acids is 1. The highest BCUT2D eigenvalue weighted by atomic mass is 16.4. The van der Waals surface area contributed by atoms with Crippen LogP contribution < -0.4 is 10.6 Å². The quantitative estimate of drug-likeness (QED) is 0.776. The molecule has 2 rings (SSSR count). The van der Waals surface area contributed by atoms with E-state index in [2.05, 4.69) is 24.5 Å². The van der Waals surface area contributed by atoms with Crippen LogP contribution in [0, 0.1) is 5.41 Å². The number of amides is 2. The van der Waals surface area contributed by atoms with Crippen LogP contribution in [0.4, 0.5) is 4.79 Å². The average Bonchev–Trinajstić information content (AvgIpc) is 2.94. The Kier molecular flexibility index (Phi) is 3.46. The van der Waals surface area contributed by atoms with E-state index < -0.39 is 5.97 Å². The molecular weight excluding hydrogens is 244 g/mol. The molecule has 0 bridgehead atoms. The van der Waals surface area contributed by atoms with Gasteiger partial charge in [-0.3, -0.25) is 0 Å². The molecule has 1 aliphatic rings. The van der Waals surface area contributed by atoms with Crippen LogP contribution >= 0.6 is 0 Å². The molecule has 2 amide bonds. The van der Waals surface area contributed by atoms with Gasteiger partial charge in [0.15, 0.2) is 0 Å². The first-order chi connectivity index (χ1) is 8.88. The fraction of sp³-hybridized carbons (Fsp3) is 0.429. The van der Waals surface area contributed by atoms with Gasteiger partial charge in [0.25, 0.3) is 0 Å². The van der Waals surface area contributed by atoms with Gasteiger partial charge in [0, 0.05) is 12.6 Å². The van der Waals surface area contributed by atoms with Crippen LogP contribution in [-0.2, 0) is 6.54 Å². The fourth-order valence-electron chi connectivity index (χ4n) is 1.87. The number of rotatable bonds is 4. The number of hydrogen-bond acceptors (Lipinski definition) is 2. The third-order valence-corrected chi connectivity index (χ3v) is 3.47. The molecule has 5 heteroatoms. The Morgan fingerprint density at radius 3 is 2.37 bits per heavy atom. The van der Waals surface area contributed by atoms with Crippen molar-refractivity contribution >= 4 is 12.0 Å². The molecule has 19 heavy (non-hydrogen) atoms. The normalized spacial score (nSPS) is 19.6. The van der Waals surface area contributed by atoms with E-state index in [0.29, 0.717) is 6.54 Å². The van der Waals surface area contributed by atoms with Crippen LogP contribution in [0.2, 0.25) is 0 Å². The monoisotopic (exact) mass is 262 g/mol. The van der Waals surface area contributed by atoms with Gasteiger partial charge >= 0.3 is 12.0 Å². The predicted octanol–water partition coefficient (Wildman–Crippen LogP) is 1.98. The second-order valence-corrected chi connectivity index (χ2v) is 5.57. The zero-order chi connectivity index (χ0) is 14.0. The maximum Gasteiger partial charge on any atom is 0.335 e. The summed E-state index contributed by atoms with van der Waals surface area (Å²) in [5, 5.41) is 14.4. The molecule has 1 aromatic carbocycles. The van der Waals surface area contributed by atoms with E-state index in [4.69, 9.17) is 5.11 Å². The first kappa shape index (κ1) is 13.4. The first-order valence-corrected chi connectivity index (χ1v) is 6.25. The van der Waals surface area contributed by atoms with Gasteiger partial charge in [-0.05, 0) is 29.5 Å². The lowest BCUT2D eigenvalue weighted by Gasteiger charge is -2.09. The molecular formula is C14H18N2O3.